The lowest BCUT2D eigenvalue weighted by molar-refractivity contribution is 0.967. The summed E-state index contributed by atoms with van der Waals surface area (Å²) in [5.41, 5.74) is 17.8. The zero-order chi connectivity index (χ0) is 43.1. The van der Waals surface area contributed by atoms with E-state index in [0.29, 0.717) is 0 Å². The number of fused-ring (bicyclic) bond motifs is 9. The van der Waals surface area contributed by atoms with E-state index in [2.05, 4.69) is 226 Å². The van der Waals surface area contributed by atoms with Gasteiger partial charge in [0.2, 0.25) is 0 Å². The van der Waals surface area contributed by atoms with Crippen molar-refractivity contribution in [2.45, 2.75) is 33.6 Å². The summed E-state index contributed by atoms with van der Waals surface area (Å²) < 4.78 is 2.44. The maximum Gasteiger partial charge on any atom is 0.0547 e. The molecule has 0 spiro atoms. The van der Waals surface area contributed by atoms with E-state index in [4.69, 9.17) is 0 Å². The van der Waals surface area contributed by atoms with Crippen molar-refractivity contribution in [2.75, 3.05) is 0 Å². The van der Waals surface area contributed by atoms with Gasteiger partial charge in [-0.05, 0) is 146 Å². The number of benzene rings is 10. The molecular weight excluding hydrogens is 771 g/mol. The maximum atomic E-state index is 2.44. The van der Waals surface area contributed by atoms with Crippen molar-refractivity contribution >= 4 is 59.7 Å². The zero-order valence-corrected chi connectivity index (χ0v) is 36.6. The first-order chi connectivity index (χ1) is 31.5. The molecule has 1 aliphatic carbocycles. The Morgan fingerprint density at radius 1 is 0.359 bits per heavy atom. The average molecular weight is 820 g/mol. The molecule has 1 aromatic heterocycles. The number of allylic oxidation sites excluding steroid dienone is 4. The molecule has 1 nitrogen and oxygen atoms in total. The Morgan fingerprint density at radius 2 is 0.875 bits per heavy atom. The van der Waals surface area contributed by atoms with Crippen LogP contribution in [0.25, 0.3) is 98.8 Å². The number of aromatic nitrogens is 1. The third-order valence-corrected chi connectivity index (χ3v) is 13.3. The van der Waals surface area contributed by atoms with Crippen LogP contribution in [0.1, 0.15) is 36.5 Å². The zero-order valence-electron chi connectivity index (χ0n) is 36.6. The van der Waals surface area contributed by atoms with Crippen molar-refractivity contribution in [1.82, 2.24) is 4.57 Å². The van der Waals surface area contributed by atoms with Gasteiger partial charge in [0.25, 0.3) is 0 Å². The lowest BCUT2D eigenvalue weighted by Gasteiger charge is -2.16. The third kappa shape index (κ3) is 7.10. The van der Waals surface area contributed by atoms with Gasteiger partial charge in [-0.15, -0.1) is 0 Å². The average Bonchev–Trinajstić information content (AvgIpc) is 3.68. The normalized spacial score (nSPS) is 12.7. The Hall–Kier alpha value is -7.74. The molecule has 0 radical (unpaired) electrons. The van der Waals surface area contributed by atoms with Crippen molar-refractivity contribution in [1.29, 1.82) is 0 Å². The van der Waals surface area contributed by atoms with Gasteiger partial charge in [-0.1, -0.05) is 199 Å². The Bertz CT molecular complexity index is 3580. The lowest BCUT2D eigenvalue weighted by Crippen LogP contribution is -1.95. The Morgan fingerprint density at radius 3 is 1.52 bits per heavy atom. The highest BCUT2D eigenvalue weighted by atomic mass is 15.0. The van der Waals surface area contributed by atoms with Gasteiger partial charge in [-0.2, -0.15) is 0 Å². The van der Waals surface area contributed by atoms with Crippen LogP contribution in [0, 0.1) is 13.8 Å². The highest BCUT2D eigenvalue weighted by Crippen LogP contribution is 2.40. The topological polar surface area (TPSA) is 4.93 Å². The summed E-state index contributed by atoms with van der Waals surface area (Å²) in [7, 11) is 0. The van der Waals surface area contributed by atoms with Crippen LogP contribution in [0.2, 0.25) is 0 Å². The van der Waals surface area contributed by atoms with Gasteiger partial charge in [-0.3, -0.25) is 0 Å². The minimum absolute atomic E-state index is 1.14. The monoisotopic (exact) mass is 819 g/mol. The number of aryl methyl sites for hydroxylation is 2. The van der Waals surface area contributed by atoms with E-state index in [9.17, 15) is 0 Å². The third-order valence-electron chi connectivity index (χ3n) is 13.3. The highest BCUT2D eigenvalue weighted by molar-refractivity contribution is 6.25. The minimum atomic E-state index is 1.14. The second-order valence-corrected chi connectivity index (χ2v) is 17.4. The summed E-state index contributed by atoms with van der Waals surface area (Å²) in [5, 5.41) is 10.3. The van der Waals surface area contributed by atoms with E-state index < -0.39 is 0 Å². The van der Waals surface area contributed by atoms with Crippen LogP contribution in [-0.2, 0) is 0 Å². The molecule has 0 atom stereocenters. The fourth-order valence-corrected chi connectivity index (χ4v) is 9.97. The van der Waals surface area contributed by atoms with Crippen LogP contribution in [-0.4, -0.2) is 4.57 Å². The molecule has 0 fully saturated rings. The largest absolute Gasteiger partial charge is 0.309 e. The molecule has 1 heterocycles. The van der Waals surface area contributed by atoms with Gasteiger partial charge < -0.3 is 4.57 Å². The quantitative estimate of drug-likeness (QED) is 0.152. The van der Waals surface area contributed by atoms with Crippen LogP contribution >= 0.6 is 0 Å². The van der Waals surface area contributed by atoms with Crippen molar-refractivity contribution in [3.63, 3.8) is 0 Å². The molecule has 64 heavy (non-hydrogen) atoms. The van der Waals surface area contributed by atoms with Crippen LogP contribution in [0.5, 0.6) is 0 Å². The SMILES string of the molecule is CC1=C(c2ccc(-c3ccc(-c4ccc5c6ccccc6n(-c6cccc(-c7ccc8c9ccccc9c9ccccc9c8c7)c6)c5c4)cc3)cc2C)C=CCC1.Cc1ccccc1. The second-order valence-electron chi connectivity index (χ2n) is 17.4. The first-order valence-corrected chi connectivity index (χ1v) is 22.6. The molecule has 11 aromatic rings. The smallest absolute Gasteiger partial charge is 0.0547 e. The Balaban J connectivity index is 0.000000598. The van der Waals surface area contributed by atoms with Crippen molar-refractivity contribution in [3.8, 4) is 39.1 Å². The molecule has 306 valence electrons. The predicted molar refractivity (Wildman–Crippen MR) is 276 cm³/mol. The van der Waals surface area contributed by atoms with Crippen molar-refractivity contribution < 1.29 is 0 Å². The van der Waals surface area contributed by atoms with Crippen LogP contribution < -0.4 is 0 Å². The molecule has 0 saturated carbocycles. The first kappa shape index (κ1) is 39.1. The lowest BCUT2D eigenvalue weighted by atomic mass is 9.89. The highest BCUT2D eigenvalue weighted by Gasteiger charge is 2.16. The number of rotatable bonds is 5. The molecule has 0 unspecified atom stereocenters. The van der Waals surface area contributed by atoms with Crippen LogP contribution in [0.15, 0.2) is 224 Å². The van der Waals surface area contributed by atoms with E-state index in [1.165, 1.54) is 115 Å². The molecule has 1 aliphatic rings. The second kappa shape index (κ2) is 16.5. The van der Waals surface area contributed by atoms with Gasteiger partial charge in [0.1, 0.15) is 0 Å². The van der Waals surface area contributed by atoms with Crippen molar-refractivity contribution in [3.05, 3.63) is 241 Å². The number of nitrogens with zero attached hydrogens (tertiary/aromatic N) is 1. The molecule has 0 bridgehead atoms. The number of para-hydroxylation sites is 1. The summed E-state index contributed by atoms with van der Waals surface area (Å²) >= 11 is 0. The Kier molecular flexibility index (Phi) is 10.1. The molecule has 0 saturated heterocycles. The molecule has 12 rings (SSSR count). The molecule has 0 amide bonds. The van der Waals surface area contributed by atoms with Gasteiger partial charge in [0.05, 0.1) is 11.0 Å². The maximum absolute atomic E-state index is 2.44. The van der Waals surface area contributed by atoms with Crippen LogP contribution in [0.3, 0.4) is 0 Å². The molecule has 0 aliphatic heterocycles. The van der Waals surface area contributed by atoms with E-state index in [0.717, 1.165) is 18.5 Å². The van der Waals surface area contributed by atoms with E-state index in [-0.39, 0.29) is 0 Å². The van der Waals surface area contributed by atoms with Crippen LogP contribution in [0.4, 0.5) is 0 Å². The molecule has 1 heteroatoms. The number of hydrogen-bond acceptors (Lipinski definition) is 0. The van der Waals surface area contributed by atoms with E-state index in [1.54, 1.807) is 0 Å². The van der Waals surface area contributed by atoms with Crippen molar-refractivity contribution in [2.24, 2.45) is 0 Å². The van der Waals surface area contributed by atoms with E-state index in [1.807, 2.05) is 18.2 Å². The summed E-state index contributed by atoms with van der Waals surface area (Å²) in [6.07, 6.45) is 6.89. The standard InChI is InChI=1S/C56H41N.C7H8/c1-36-12-3-4-15-45(36)46-29-26-41(32-37(46)2)38-22-24-39(25-23-38)43-28-31-53-52-20-9-10-21-55(52)57(56(53)35-43)44-14-11-13-40(33-44)42-27-30-51-49-18-6-5-16-47(49)48-17-7-8-19-50(48)54(51)34-42;1-7-5-3-2-4-6-7/h4-11,13-35H,3,12H2,1-2H3;2-6H,1H3. The summed E-state index contributed by atoms with van der Waals surface area (Å²) in [5.74, 6) is 0. The minimum Gasteiger partial charge on any atom is -0.309 e. The molecule has 10 aromatic carbocycles. The molecular formula is C63H49N. The van der Waals surface area contributed by atoms with Gasteiger partial charge in [-0.25, -0.2) is 0 Å². The first-order valence-electron chi connectivity index (χ1n) is 22.6. The van der Waals surface area contributed by atoms with Gasteiger partial charge in [0.15, 0.2) is 0 Å². The summed E-state index contributed by atoms with van der Waals surface area (Å²) in [6, 6.07) is 75.7. The van der Waals surface area contributed by atoms with Gasteiger partial charge in [0, 0.05) is 16.5 Å². The van der Waals surface area contributed by atoms with E-state index >= 15 is 0 Å². The fourth-order valence-electron chi connectivity index (χ4n) is 9.97. The number of hydrogen-bond donors (Lipinski definition) is 0. The fraction of sp³-hybridized carbons (Fsp3) is 0.0794. The predicted octanol–water partition coefficient (Wildman–Crippen LogP) is 17.7. The van der Waals surface area contributed by atoms with Gasteiger partial charge >= 0.3 is 0 Å². The Labute approximate surface area is 375 Å². The summed E-state index contributed by atoms with van der Waals surface area (Å²) in [4.78, 5) is 0. The molecule has 0 N–H and O–H groups in total. The summed E-state index contributed by atoms with van der Waals surface area (Å²) in [6.45, 7) is 6.60.